The number of rotatable bonds is 8. The molecule has 1 aromatic heterocycles. The SMILES string of the molecule is CCCC(C)N(C)c1nc(C)cc(C)c1CNCC(C)C. The van der Waals surface area contributed by atoms with E-state index in [0.29, 0.717) is 12.0 Å². The van der Waals surface area contributed by atoms with Crippen LogP contribution in [-0.2, 0) is 6.54 Å². The van der Waals surface area contributed by atoms with Gasteiger partial charge in [0.05, 0.1) is 0 Å². The molecule has 1 unspecified atom stereocenters. The van der Waals surface area contributed by atoms with Gasteiger partial charge in [0, 0.05) is 30.9 Å². The number of nitrogens with zero attached hydrogens (tertiary/aromatic N) is 2. The fraction of sp³-hybridized carbons (Fsp3) is 0.722. The van der Waals surface area contributed by atoms with E-state index < -0.39 is 0 Å². The van der Waals surface area contributed by atoms with Crippen molar-refractivity contribution in [3.05, 3.63) is 22.9 Å². The number of hydrogen-bond donors (Lipinski definition) is 1. The highest BCUT2D eigenvalue weighted by Gasteiger charge is 2.16. The summed E-state index contributed by atoms with van der Waals surface area (Å²) in [4.78, 5) is 7.16. The number of anilines is 1. The molecule has 21 heavy (non-hydrogen) atoms. The van der Waals surface area contributed by atoms with Crippen molar-refractivity contribution in [2.24, 2.45) is 5.92 Å². The Morgan fingerprint density at radius 1 is 1.24 bits per heavy atom. The molecule has 0 aliphatic rings. The van der Waals surface area contributed by atoms with Crippen molar-refractivity contribution in [1.82, 2.24) is 10.3 Å². The van der Waals surface area contributed by atoms with Gasteiger partial charge in [-0.1, -0.05) is 27.2 Å². The summed E-state index contributed by atoms with van der Waals surface area (Å²) in [7, 11) is 2.17. The molecule has 1 atom stereocenters. The molecule has 3 heteroatoms. The van der Waals surface area contributed by atoms with Crippen LogP contribution in [0, 0.1) is 19.8 Å². The highest BCUT2D eigenvalue weighted by Crippen LogP contribution is 2.24. The van der Waals surface area contributed by atoms with Gasteiger partial charge in [-0.2, -0.15) is 0 Å². The minimum Gasteiger partial charge on any atom is -0.357 e. The summed E-state index contributed by atoms with van der Waals surface area (Å²) in [6.07, 6.45) is 2.40. The molecule has 0 amide bonds. The topological polar surface area (TPSA) is 28.2 Å². The standard InChI is InChI=1S/C18H33N3/c1-8-9-16(6)21(7)18-17(12-19-11-13(2)3)14(4)10-15(5)20-18/h10,13,16,19H,8-9,11-12H2,1-7H3. The third kappa shape index (κ3) is 5.31. The maximum absolute atomic E-state index is 4.82. The van der Waals surface area contributed by atoms with Crippen LogP contribution in [-0.4, -0.2) is 24.6 Å². The molecule has 0 radical (unpaired) electrons. The van der Waals surface area contributed by atoms with Crippen LogP contribution in [0.25, 0.3) is 0 Å². The van der Waals surface area contributed by atoms with Crippen LogP contribution in [0.1, 0.15) is 57.4 Å². The third-order valence-electron chi connectivity index (χ3n) is 4.01. The Balaban J connectivity index is 2.99. The highest BCUT2D eigenvalue weighted by molar-refractivity contribution is 5.51. The smallest absolute Gasteiger partial charge is 0.133 e. The van der Waals surface area contributed by atoms with Gasteiger partial charge in [0.15, 0.2) is 0 Å². The summed E-state index contributed by atoms with van der Waals surface area (Å²) in [6.45, 7) is 15.2. The second-order valence-electron chi connectivity index (χ2n) is 6.66. The number of hydrogen-bond acceptors (Lipinski definition) is 3. The molecular weight excluding hydrogens is 258 g/mol. The first-order valence-electron chi connectivity index (χ1n) is 8.27. The second-order valence-corrected chi connectivity index (χ2v) is 6.66. The zero-order chi connectivity index (χ0) is 16.0. The number of pyridine rings is 1. The van der Waals surface area contributed by atoms with Gasteiger partial charge >= 0.3 is 0 Å². The van der Waals surface area contributed by atoms with Gasteiger partial charge in [-0.25, -0.2) is 4.98 Å². The Hall–Kier alpha value is -1.09. The first-order valence-corrected chi connectivity index (χ1v) is 8.27. The van der Waals surface area contributed by atoms with Crippen molar-refractivity contribution >= 4 is 5.82 Å². The lowest BCUT2D eigenvalue weighted by atomic mass is 10.1. The molecule has 0 aromatic carbocycles. The second kappa shape index (κ2) is 8.38. The summed E-state index contributed by atoms with van der Waals surface area (Å²) in [5, 5.41) is 3.56. The van der Waals surface area contributed by atoms with Gasteiger partial charge in [-0.05, 0) is 51.3 Å². The number of aromatic nitrogens is 1. The summed E-state index contributed by atoms with van der Waals surface area (Å²) in [5.74, 6) is 1.81. The monoisotopic (exact) mass is 291 g/mol. The average Bonchev–Trinajstić information content (AvgIpc) is 2.39. The molecule has 1 heterocycles. The Labute approximate surface area is 131 Å². The molecule has 0 spiro atoms. The molecule has 0 saturated carbocycles. The largest absolute Gasteiger partial charge is 0.357 e. The Bertz CT molecular complexity index is 440. The lowest BCUT2D eigenvalue weighted by molar-refractivity contribution is 0.548. The molecule has 1 aromatic rings. The number of aryl methyl sites for hydroxylation is 2. The van der Waals surface area contributed by atoms with Gasteiger partial charge in [-0.15, -0.1) is 0 Å². The minimum absolute atomic E-state index is 0.521. The predicted molar refractivity (Wildman–Crippen MR) is 93.0 cm³/mol. The van der Waals surface area contributed by atoms with E-state index in [1.54, 1.807) is 0 Å². The minimum atomic E-state index is 0.521. The highest BCUT2D eigenvalue weighted by atomic mass is 15.2. The molecule has 120 valence electrons. The van der Waals surface area contributed by atoms with E-state index in [-0.39, 0.29) is 0 Å². The summed E-state index contributed by atoms with van der Waals surface area (Å²) >= 11 is 0. The maximum atomic E-state index is 4.82. The van der Waals surface area contributed by atoms with E-state index in [0.717, 1.165) is 24.6 Å². The van der Waals surface area contributed by atoms with E-state index in [1.807, 2.05) is 0 Å². The fourth-order valence-corrected chi connectivity index (χ4v) is 2.66. The predicted octanol–water partition coefficient (Wildman–Crippen LogP) is 4.07. The van der Waals surface area contributed by atoms with Crippen LogP contribution in [0.4, 0.5) is 5.82 Å². The van der Waals surface area contributed by atoms with E-state index in [9.17, 15) is 0 Å². The summed E-state index contributed by atoms with van der Waals surface area (Å²) < 4.78 is 0. The molecule has 0 aliphatic heterocycles. The van der Waals surface area contributed by atoms with Gasteiger partial charge in [0.2, 0.25) is 0 Å². The molecule has 3 nitrogen and oxygen atoms in total. The molecule has 1 rings (SSSR count). The van der Waals surface area contributed by atoms with Crippen molar-refractivity contribution in [3.8, 4) is 0 Å². The van der Waals surface area contributed by atoms with Crippen LogP contribution < -0.4 is 10.2 Å². The van der Waals surface area contributed by atoms with Crippen molar-refractivity contribution in [3.63, 3.8) is 0 Å². The molecular formula is C18H33N3. The quantitative estimate of drug-likeness (QED) is 0.782. The third-order valence-corrected chi connectivity index (χ3v) is 4.01. The molecule has 0 fully saturated rings. The van der Waals surface area contributed by atoms with Gasteiger partial charge < -0.3 is 10.2 Å². The molecule has 0 bridgehead atoms. The van der Waals surface area contributed by atoms with Crippen molar-refractivity contribution in [1.29, 1.82) is 0 Å². The van der Waals surface area contributed by atoms with Crippen LogP contribution in [0.3, 0.4) is 0 Å². The first kappa shape index (κ1) is 18.0. The van der Waals surface area contributed by atoms with E-state index >= 15 is 0 Å². The zero-order valence-corrected chi connectivity index (χ0v) is 15.0. The normalized spacial score (nSPS) is 12.8. The molecule has 1 N–H and O–H groups in total. The molecule has 0 aliphatic carbocycles. The van der Waals surface area contributed by atoms with Crippen molar-refractivity contribution < 1.29 is 0 Å². The van der Waals surface area contributed by atoms with E-state index in [2.05, 4.69) is 64.9 Å². The van der Waals surface area contributed by atoms with E-state index in [4.69, 9.17) is 4.98 Å². The van der Waals surface area contributed by atoms with Crippen LogP contribution in [0.5, 0.6) is 0 Å². The first-order chi connectivity index (χ1) is 9.86. The summed E-state index contributed by atoms with van der Waals surface area (Å²) in [6, 6.07) is 2.71. The Morgan fingerprint density at radius 2 is 1.90 bits per heavy atom. The maximum Gasteiger partial charge on any atom is 0.133 e. The van der Waals surface area contributed by atoms with Crippen LogP contribution >= 0.6 is 0 Å². The lowest BCUT2D eigenvalue weighted by Crippen LogP contribution is -2.32. The lowest BCUT2D eigenvalue weighted by Gasteiger charge is -2.29. The number of nitrogens with one attached hydrogen (secondary N) is 1. The van der Waals surface area contributed by atoms with Crippen molar-refractivity contribution in [2.45, 2.75) is 67.0 Å². The zero-order valence-electron chi connectivity index (χ0n) is 15.0. The van der Waals surface area contributed by atoms with Gasteiger partial charge in [0.1, 0.15) is 5.82 Å². The van der Waals surface area contributed by atoms with Gasteiger partial charge in [0.25, 0.3) is 0 Å². The molecule has 0 saturated heterocycles. The average molecular weight is 291 g/mol. The summed E-state index contributed by atoms with van der Waals surface area (Å²) in [5.41, 5.74) is 3.78. The van der Waals surface area contributed by atoms with Gasteiger partial charge in [-0.3, -0.25) is 0 Å². The Morgan fingerprint density at radius 3 is 2.48 bits per heavy atom. The van der Waals surface area contributed by atoms with Crippen LogP contribution in [0.15, 0.2) is 6.07 Å². The Kier molecular flexibility index (Phi) is 7.16. The van der Waals surface area contributed by atoms with E-state index in [1.165, 1.54) is 24.0 Å². The fourth-order valence-electron chi connectivity index (χ4n) is 2.66. The van der Waals surface area contributed by atoms with Crippen molar-refractivity contribution in [2.75, 3.05) is 18.5 Å². The van der Waals surface area contributed by atoms with Crippen LogP contribution in [0.2, 0.25) is 0 Å².